The van der Waals surface area contributed by atoms with Crippen LogP contribution in [0.25, 0.3) is 11.0 Å². The SMILES string of the molecule is CC(CS(C)(=O)=O)Nc1nc2ccccc2[nH]1. The van der Waals surface area contributed by atoms with Crippen LogP contribution in [0.15, 0.2) is 24.3 Å². The van der Waals surface area contributed by atoms with Gasteiger partial charge in [-0.05, 0) is 19.1 Å². The molecule has 6 heteroatoms. The molecule has 1 aromatic heterocycles. The third-order valence-electron chi connectivity index (χ3n) is 2.33. The molecule has 2 N–H and O–H groups in total. The average Bonchev–Trinajstić information content (AvgIpc) is 2.55. The second kappa shape index (κ2) is 4.37. The van der Waals surface area contributed by atoms with Gasteiger partial charge >= 0.3 is 0 Å². The van der Waals surface area contributed by atoms with Gasteiger partial charge in [-0.3, -0.25) is 0 Å². The lowest BCUT2D eigenvalue weighted by atomic mass is 10.3. The number of aromatic amines is 1. The predicted molar refractivity (Wildman–Crippen MR) is 68.9 cm³/mol. The molecule has 1 unspecified atom stereocenters. The van der Waals surface area contributed by atoms with Crippen molar-refractivity contribution >= 4 is 26.8 Å². The van der Waals surface area contributed by atoms with E-state index in [1.165, 1.54) is 6.26 Å². The topological polar surface area (TPSA) is 74.8 Å². The molecule has 0 aliphatic carbocycles. The number of para-hydroxylation sites is 2. The van der Waals surface area contributed by atoms with Gasteiger partial charge in [-0.15, -0.1) is 0 Å². The molecule has 0 radical (unpaired) electrons. The van der Waals surface area contributed by atoms with Gasteiger partial charge in [-0.1, -0.05) is 12.1 Å². The third-order valence-corrected chi connectivity index (χ3v) is 3.43. The number of rotatable bonds is 4. The first-order chi connectivity index (χ1) is 7.94. The zero-order valence-electron chi connectivity index (χ0n) is 9.77. The van der Waals surface area contributed by atoms with Crippen LogP contribution >= 0.6 is 0 Å². The van der Waals surface area contributed by atoms with Gasteiger partial charge < -0.3 is 10.3 Å². The van der Waals surface area contributed by atoms with Gasteiger partial charge in [0.25, 0.3) is 0 Å². The van der Waals surface area contributed by atoms with Crippen LogP contribution in [0.3, 0.4) is 0 Å². The van der Waals surface area contributed by atoms with E-state index in [1.54, 1.807) is 0 Å². The zero-order valence-corrected chi connectivity index (χ0v) is 10.6. The molecule has 1 heterocycles. The highest BCUT2D eigenvalue weighted by atomic mass is 32.2. The minimum Gasteiger partial charge on any atom is -0.352 e. The lowest BCUT2D eigenvalue weighted by Gasteiger charge is -2.10. The smallest absolute Gasteiger partial charge is 0.201 e. The summed E-state index contributed by atoms with van der Waals surface area (Å²) in [5, 5.41) is 3.04. The summed E-state index contributed by atoms with van der Waals surface area (Å²) < 4.78 is 22.3. The summed E-state index contributed by atoms with van der Waals surface area (Å²) in [6, 6.07) is 7.48. The number of benzene rings is 1. The largest absolute Gasteiger partial charge is 0.352 e. The van der Waals surface area contributed by atoms with Gasteiger partial charge in [-0.25, -0.2) is 13.4 Å². The third kappa shape index (κ3) is 3.20. The number of anilines is 1. The molecule has 0 aliphatic heterocycles. The van der Waals surface area contributed by atoms with Crippen molar-refractivity contribution in [2.75, 3.05) is 17.3 Å². The molecule has 0 aliphatic rings. The maximum absolute atomic E-state index is 11.1. The van der Waals surface area contributed by atoms with E-state index < -0.39 is 9.84 Å². The van der Waals surface area contributed by atoms with Crippen LogP contribution in [0, 0.1) is 0 Å². The Morgan fingerprint density at radius 2 is 2.12 bits per heavy atom. The summed E-state index contributed by atoms with van der Waals surface area (Å²) in [4.78, 5) is 7.42. The quantitative estimate of drug-likeness (QED) is 0.864. The van der Waals surface area contributed by atoms with Crippen molar-refractivity contribution in [2.24, 2.45) is 0 Å². The van der Waals surface area contributed by atoms with Gasteiger partial charge in [0, 0.05) is 12.3 Å². The van der Waals surface area contributed by atoms with Crippen LogP contribution in [-0.2, 0) is 9.84 Å². The first-order valence-corrected chi connectivity index (χ1v) is 7.39. The van der Waals surface area contributed by atoms with E-state index in [1.807, 2.05) is 31.2 Å². The highest BCUT2D eigenvalue weighted by Crippen LogP contribution is 2.14. The van der Waals surface area contributed by atoms with Crippen LogP contribution in [0.2, 0.25) is 0 Å². The molecule has 2 aromatic rings. The summed E-state index contributed by atoms with van der Waals surface area (Å²) in [6.45, 7) is 1.81. The second-order valence-electron chi connectivity index (χ2n) is 4.24. The molecule has 2 rings (SSSR count). The Morgan fingerprint density at radius 1 is 1.41 bits per heavy atom. The molecular formula is C11H15N3O2S. The number of hydrogen-bond donors (Lipinski definition) is 2. The highest BCUT2D eigenvalue weighted by Gasteiger charge is 2.11. The van der Waals surface area contributed by atoms with Gasteiger partial charge in [0.1, 0.15) is 9.84 Å². The van der Waals surface area contributed by atoms with Crippen LogP contribution in [0.1, 0.15) is 6.92 Å². The van der Waals surface area contributed by atoms with Crippen molar-refractivity contribution < 1.29 is 8.42 Å². The summed E-state index contributed by atoms with van der Waals surface area (Å²) in [7, 11) is -2.98. The summed E-state index contributed by atoms with van der Waals surface area (Å²) in [5.41, 5.74) is 1.79. The molecule has 0 bridgehead atoms. The lowest BCUT2D eigenvalue weighted by molar-refractivity contribution is 0.598. The van der Waals surface area contributed by atoms with Crippen LogP contribution in [-0.4, -0.2) is 36.4 Å². The molecule has 0 spiro atoms. The number of fused-ring (bicyclic) bond motifs is 1. The monoisotopic (exact) mass is 253 g/mol. The Bertz CT molecular complexity index is 585. The van der Waals surface area contributed by atoms with E-state index in [-0.39, 0.29) is 11.8 Å². The van der Waals surface area contributed by atoms with Gasteiger partial charge in [0.15, 0.2) is 0 Å². The molecule has 0 saturated heterocycles. The van der Waals surface area contributed by atoms with Crippen molar-refractivity contribution in [2.45, 2.75) is 13.0 Å². The van der Waals surface area contributed by atoms with Crippen molar-refractivity contribution in [1.29, 1.82) is 0 Å². The van der Waals surface area contributed by atoms with Crippen molar-refractivity contribution in [1.82, 2.24) is 9.97 Å². The molecule has 92 valence electrons. The first-order valence-electron chi connectivity index (χ1n) is 5.33. The minimum atomic E-state index is -2.98. The Balaban J connectivity index is 2.13. The van der Waals surface area contributed by atoms with E-state index in [4.69, 9.17) is 0 Å². The van der Waals surface area contributed by atoms with Crippen LogP contribution in [0.4, 0.5) is 5.95 Å². The molecular weight excluding hydrogens is 238 g/mol. The molecule has 0 fully saturated rings. The summed E-state index contributed by atoms with van der Waals surface area (Å²) >= 11 is 0. The molecule has 17 heavy (non-hydrogen) atoms. The van der Waals surface area contributed by atoms with E-state index in [9.17, 15) is 8.42 Å². The van der Waals surface area contributed by atoms with Gasteiger partial charge in [0.05, 0.1) is 16.8 Å². The minimum absolute atomic E-state index is 0.0873. The fourth-order valence-electron chi connectivity index (χ4n) is 1.75. The molecule has 0 saturated carbocycles. The maximum atomic E-state index is 11.1. The Morgan fingerprint density at radius 3 is 2.76 bits per heavy atom. The molecule has 5 nitrogen and oxygen atoms in total. The number of nitrogens with one attached hydrogen (secondary N) is 2. The normalized spacial score (nSPS) is 13.8. The van der Waals surface area contributed by atoms with E-state index in [2.05, 4.69) is 15.3 Å². The fraction of sp³-hybridized carbons (Fsp3) is 0.364. The summed E-state index contributed by atoms with van der Waals surface area (Å²) in [6.07, 6.45) is 1.23. The number of imidazole rings is 1. The number of nitrogens with zero attached hydrogens (tertiary/aromatic N) is 1. The Labute approximate surface area is 100 Å². The molecule has 1 aromatic carbocycles. The second-order valence-corrected chi connectivity index (χ2v) is 6.43. The number of sulfone groups is 1. The fourth-order valence-corrected chi connectivity index (χ4v) is 2.74. The van der Waals surface area contributed by atoms with Crippen molar-refractivity contribution in [3.63, 3.8) is 0 Å². The molecule has 1 atom stereocenters. The average molecular weight is 253 g/mol. The zero-order chi connectivity index (χ0) is 12.5. The van der Waals surface area contributed by atoms with E-state index in [0.29, 0.717) is 5.95 Å². The highest BCUT2D eigenvalue weighted by molar-refractivity contribution is 7.90. The lowest BCUT2D eigenvalue weighted by Crippen LogP contribution is -2.25. The van der Waals surface area contributed by atoms with Crippen molar-refractivity contribution in [3.05, 3.63) is 24.3 Å². The van der Waals surface area contributed by atoms with E-state index >= 15 is 0 Å². The standard InChI is InChI=1S/C11H15N3O2S/c1-8(7-17(2,15)16)12-11-13-9-5-3-4-6-10(9)14-11/h3-6,8H,7H2,1-2H3,(H2,12,13,14). The predicted octanol–water partition coefficient (Wildman–Crippen LogP) is 1.41. The number of hydrogen-bond acceptors (Lipinski definition) is 4. The van der Waals surface area contributed by atoms with Crippen molar-refractivity contribution in [3.8, 4) is 0 Å². The number of H-pyrrole nitrogens is 1. The van der Waals surface area contributed by atoms with Crippen LogP contribution in [0.5, 0.6) is 0 Å². The summed E-state index contributed by atoms with van der Waals surface area (Å²) in [5.74, 6) is 0.687. The first kappa shape index (κ1) is 11.9. The number of aromatic nitrogens is 2. The Hall–Kier alpha value is -1.56. The molecule has 0 amide bonds. The Kier molecular flexibility index (Phi) is 3.06. The maximum Gasteiger partial charge on any atom is 0.201 e. The van der Waals surface area contributed by atoms with Crippen LogP contribution < -0.4 is 5.32 Å². The van der Waals surface area contributed by atoms with Gasteiger partial charge in [-0.2, -0.15) is 0 Å². The van der Waals surface area contributed by atoms with E-state index in [0.717, 1.165) is 11.0 Å². The van der Waals surface area contributed by atoms with Gasteiger partial charge in [0.2, 0.25) is 5.95 Å².